The van der Waals surface area contributed by atoms with E-state index >= 15 is 0 Å². The molecule has 0 radical (unpaired) electrons. The van der Waals surface area contributed by atoms with Gasteiger partial charge in [-0.25, -0.2) is 9.18 Å². The van der Waals surface area contributed by atoms with Gasteiger partial charge in [0.05, 0.1) is 40.4 Å². The van der Waals surface area contributed by atoms with E-state index in [-0.39, 0.29) is 34.7 Å². The summed E-state index contributed by atoms with van der Waals surface area (Å²) >= 11 is 0. The Balaban J connectivity index is 1.57. The third kappa shape index (κ3) is 3.98. The SMILES string of the molecule is O=C(O)c1ccc(-c2c(C(=O)c3ccco3)c(CCc3ccc(F)cc3)nc3c2C(=O)N2CCCC32)cc1. The molecule has 7 nitrogen and oxygen atoms in total. The molecule has 190 valence electrons. The molecule has 2 aliphatic rings. The van der Waals surface area contributed by atoms with Crippen LogP contribution >= 0.6 is 0 Å². The maximum atomic E-state index is 13.9. The molecule has 6 rings (SSSR count). The number of furan rings is 1. The number of carbonyl (C=O) groups excluding carboxylic acids is 2. The van der Waals surface area contributed by atoms with E-state index in [1.54, 1.807) is 41.3 Å². The van der Waals surface area contributed by atoms with Crippen LogP contribution in [0, 0.1) is 5.82 Å². The average molecular weight is 511 g/mol. The summed E-state index contributed by atoms with van der Waals surface area (Å²) in [6.45, 7) is 0.615. The monoisotopic (exact) mass is 510 g/mol. The van der Waals surface area contributed by atoms with Crippen molar-refractivity contribution in [3.05, 3.63) is 112 Å². The number of halogens is 1. The molecule has 1 atom stereocenters. The molecule has 0 saturated carbocycles. The van der Waals surface area contributed by atoms with E-state index in [0.717, 1.165) is 18.4 Å². The van der Waals surface area contributed by atoms with E-state index in [0.29, 0.717) is 47.5 Å². The van der Waals surface area contributed by atoms with Gasteiger partial charge in [-0.1, -0.05) is 24.3 Å². The quantitative estimate of drug-likeness (QED) is 0.330. The maximum absolute atomic E-state index is 13.9. The number of pyridine rings is 1. The molecule has 1 unspecified atom stereocenters. The predicted octanol–water partition coefficient (Wildman–Crippen LogP) is 5.49. The third-order valence-electron chi connectivity index (χ3n) is 7.30. The van der Waals surface area contributed by atoms with E-state index in [1.807, 2.05) is 0 Å². The van der Waals surface area contributed by atoms with Crippen molar-refractivity contribution >= 4 is 17.7 Å². The Morgan fingerprint density at radius 2 is 1.79 bits per heavy atom. The first-order valence-electron chi connectivity index (χ1n) is 12.5. The van der Waals surface area contributed by atoms with Gasteiger partial charge in [0, 0.05) is 12.1 Å². The number of aromatic nitrogens is 1. The van der Waals surface area contributed by atoms with Crippen LogP contribution in [0.4, 0.5) is 4.39 Å². The molecule has 1 amide bonds. The van der Waals surface area contributed by atoms with Crippen LogP contribution in [0.2, 0.25) is 0 Å². The lowest BCUT2D eigenvalue weighted by Gasteiger charge is -2.18. The Morgan fingerprint density at radius 1 is 1.03 bits per heavy atom. The number of hydrogen-bond donors (Lipinski definition) is 1. The fourth-order valence-electron chi connectivity index (χ4n) is 5.49. The van der Waals surface area contributed by atoms with Gasteiger partial charge in [-0.15, -0.1) is 0 Å². The Labute approximate surface area is 217 Å². The zero-order valence-corrected chi connectivity index (χ0v) is 20.3. The summed E-state index contributed by atoms with van der Waals surface area (Å²) in [5.74, 6) is -1.86. The van der Waals surface area contributed by atoms with Gasteiger partial charge in [0.2, 0.25) is 5.78 Å². The van der Waals surface area contributed by atoms with Crippen LogP contribution in [-0.4, -0.2) is 39.2 Å². The standard InChI is InChI=1S/C30H23FN2O5/c31-20-12-5-17(6-13-20)7-14-21-25(28(34)23-4-2-16-38-23)24(18-8-10-19(11-9-18)30(36)37)26-27(32-21)22-3-1-15-33(22)29(26)35/h2,4-6,8-13,16,22H,1,3,7,14-15H2,(H,36,37). The van der Waals surface area contributed by atoms with Crippen LogP contribution in [-0.2, 0) is 12.8 Å². The molecule has 2 aromatic carbocycles. The molecule has 0 bridgehead atoms. The van der Waals surface area contributed by atoms with Gasteiger partial charge >= 0.3 is 5.97 Å². The van der Waals surface area contributed by atoms with Gasteiger partial charge in [-0.2, -0.15) is 0 Å². The zero-order valence-electron chi connectivity index (χ0n) is 20.3. The average Bonchev–Trinajstić information content (AvgIpc) is 3.68. The number of carboxylic acid groups (broad SMARTS) is 1. The molecule has 0 spiro atoms. The van der Waals surface area contributed by atoms with Crippen molar-refractivity contribution in [1.29, 1.82) is 0 Å². The number of aryl methyl sites for hydroxylation is 2. The van der Waals surface area contributed by atoms with Crippen molar-refractivity contribution in [2.75, 3.05) is 6.54 Å². The summed E-state index contributed by atoms with van der Waals surface area (Å²) in [5, 5.41) is 9.40. The second-order valence-electron chi connectivity index (χ2n) is 9.54. The Bertz CT molecular complexity index is 1560. The summed E-state index contributed by atoms with van der Waals surface area (Å²) in [7, 11) is 0. The molecule has 1 fully saturated rings. The number of fused-ring (bicyclic) bond motifs is 3. The van der Waals surface area contributed by atoms with Crippen molar-refractivity contribution in [3.8, 4) is 11.1 Å². The van der Waals surface area contributed by atoms with Crippen LogP contribution < -0.4 is 0 Å². The highest BCUT2D eigenvalue weighted by atomic mass is 19.1. The van der Waals surface area contributed by atoms with Crippen LogP contribution in [0.15, 0.2) is 71.3 Å². The lowest BCUT2D eigenvalue weighted by molar-refractivity contribution is 0.0695. The molecular weight excluding hydrogens is 487 g/mol. The number of aromatic carboxylic acids is 1. The first kappa shape index (κ1) is 23.8. The molecule has 0 aliphatic carbocycles. The van der Waals surface area contributed by atoms with E-state index in [2.05, 4.69) is 0 Å². The summed E-state index contributed by atoms with van der Waals surface area (Å²) in [6, 6.07) is 15.4. The Kier molecular flexibility index (Phi) is 5.87. The fourth-order valence-corrected chi connectivity index (χ4v) is 5.49. The molecule has 2 aromatic heterocycles. The molecule has 1 saturated heterocycles. The minimum atomic E-state index is -1.07. The number of ketones is 1. The molecule has 8 heteroatoms. The lowest BCUT2D eigenvalue weighted by atomic mass is 9.87. The highest BCUT2D eigenvalue weighted by Gasteiger charge is 2.44. The minimum absolute atomic E-state index is 0.0989. The number of carbonyl (C=O) groups is 3. The third-order valence-corrected chi connectivity index (χ3v) is 7.30. The van der Waals surface area contributed by atoms with Gasteiger partial charge < -0.3 is 14.4 Å². The van der Waals surface area contributed by atoms with Crippen LogP contribution in [0.3, 0.4) is 0 Å². The van der Waals surface area contributed by atoms with E-state index in [1.165, 1.54) is 30.5 Å². The fraction of sp³-hybridized carbons (Fsp3) is 0.200. The summed E-state index contributed by atoms with van der Waals surface area (Å²) in [5.41, 5.74) is 3.81. The summed E-state index contributed by atoms with van der Waals surface area (Å²) in [4.78, 5) is 45.8. The van der Waals surface area contributed by atoms with E-state index in [4.69, 9.17) is 9.40 Å². The van der Waals surface area contributed by atoms with Crippen LogP contribution in [0.25, 0.3) is 11.1 Å². The molecule has 2 aliphatic heterocycles. The first-order valence-corrected chi connectivity index (χ1v) is 12.5. The number of amides is 1. The topological polar surface area (TPSA) is 101 Å². The van der Waals surface area contributed by atoms with E-state index < -0.39 is 11.8 Å². The maximum Gasteiger partial charge on any atom is 0.335 e. The van der Waals surface area contributed by atoms with Crippen molar-refractivity contribution in [2.24, 2.45) is 0 Å². The zero-order chi connectivity index (χ0) is 26.4. The predicted molar refractivity (Wildman–Crippen MR) is 136 cm³/mol. The van der Waals surface area contributed by atoms with Gasteiger partial charge in [0.25, 0.3) is 5.91 Å². The van der Waals surface area contributed by atoms with Crippen molar-refractivity contribution in [3.63, 3.8) is 0 Å². The second kappa shape index (κ2) is 9.37. The number of benzene rings is 2. The van der Waals surface area contributed by atoms with Gasteiger partial charge in [0.1, 0.15) is 5.82 Å². The highest BCUT2D eigenvalue weighted by Crippen LogP contribution is 2.46. The van der Waals surface area contributed by atoms with Crippen molar-refractivity contribution in [1.82, 2.24) is 9.88 Å². The number of nitrogens with zero attached hydrogens (tertiary/aromatic N) is 2. The number of carboxylic acids is 1. The van der Waals surface area contributed by atoms with Crippen molar-refractivity contribution < 1.29 is 28.3 Å². The van der Waals surface area contributed by atoms with Gasteiger partial charge in [-0.05, 0) is 73.2 Å². The smallest absolute Gasteiger partial charge is 0.335 e. The molecular formula is C30H23FN2O5. The highest BCUT2D eigenvalue weighted by molar-refractivity contribution is 6.17. The minimum Gasteiger partial charge on any atom is -0.478 e. The molecule has 4 heterocycles. The molecule has 1 N–H and O–H groups in total. The lowest BCUT2D eigenvalue weighted by Crippen LogP contribution is -2.23. The summed E-state index contributed by atoms with van der Waals surface area (Å²) in [6.07, 6.45) is 3.95. The number of hydrogen-bond acceptors (Lipinski definition) is 5. The molecule has 38 heavy (non-hydrogen) atoms. The largest absolute Gasteiger partial charge is 0.478 e. The Hall–Kier alpha value is -4.59. The van der Waals surface area contributed by atoms with Crippen LogP contribution in [0.1, 0.15) is 72.7 Å². The van der Waals surface area contributed by atoms with Gasteiger partial charge in [-0.3, -0.25) is 14.6 Å². The molecule has 4 aromatic rings. The first-order chi connectivity index (χ1) is 18.4. The van der Waals surface area contributed by atoms with Crippen LogP contribution in [0.5, 0.6) is 0 Å². The number of rotatable bonds is 7. The van der Waals surface area contributed by atoms with E-state index in [9.17, 15) is 23.9 Å². The summed E-state index contributed by atoms with van der Waals surface area (Å²) < 4.78 is 18.9. The normalized spacial score (nSPS) is 16.0. The van der Waals surface area contributed by atoms with Gasteiger partial charge in [0.15, 0.2) is 5.76 Å². The second-order valence-corrected chi connectivity index (χ2v) is 9.54. The van der Waals surface area contributed by atoms with Crippen molar-refractivity contribution in [2.45, 2.75) is 31.7 Å². The Morgan fingerprint density at radius 3 is 2.47 bits per heavy atom.